The molecule has 172 valence electrons. The van der Waals surface area contributed by atoms with Crippen LogP contribution in [0.5, 0.6) is 0 Å². The third kappa shape index (κ3) is 4.04. The van der Waals surface area contributed by atoms with Crippen molar-refractivity contribution in [3.63, 3.8) is 0 Å². The number of hydrogen-bond acceptors (Lipinski definition) is 5. The molecular weight excluding hydrogens is 478 g/mol. The number of allylic oxidation sites excluding steroid dienone is 1. The van der Waals surface area contributed by atoms with Gasteiger partial charge in [-0.3, -0.25) is 14.8 Å². The molecule has 5 rings (SSSR count). The van der Waals surface area contributed by atoms with Gasteiger partial charge in [-0.2, -0.15) is 0 Å². The van der Waals surface area contributed by atoms with Crippen LogP contribution in [0.25, 0.3) is 5.70 Å². The molecule has 3 aliphatic rings. The van der Waals surface area contributed by atoms with E-state index in [9.17, 15) is 4.79 Å². The largest absolute Gasteiger partial charge is 0.466 e. The van der Waals surface area contributed by atoms with Gasteiger partial charge in [0.15, 0.2) is 0 Å². The molecule has 1 N–H and O–H groups in total. The number of ether oxygens (including phenoxy) is 1. The molecule has 2 fully saturated rings. The fraction of sp³-hybridized carbons (Fsp3) is 0.407. The predicted molar refractivity (Wildman–Crippen MR) is 135 cm³/mol. The number of rotatable bonds is 5. The molecule has 1 saturated carbocycles. The zero-order valence-corrected chi connectivity index (χ0v) is 20.9. The number of fused-ring (bicyclic) bond motifs is 1. The smallest absolute Gasteiger partial charge is 0.309 e. The number of nitrogens with zero attached hydrogens (tertiary/aromatic N) is 2. The highest BCUT2D eigenvalue weighted by Gasteiger charge is 2.47. The second-order valence-electron chi connectivity index (χ2n) is 9.19. The van der Waals surface area contributed by atoms with Gasteiger partial charge < -0.3 is 4.74 Å². The lowest BCUT2D eigenvalue weighted by Crippen LogP contribution is -2.44. The van der Waals surface area contributed by atoms with E-state index in [2.05, 4.69) is 88.8 Å². The van der Waals surface area contributed by atoms with Crippen molar-refractivity contribution in [3.8, 4) is 0 Å². The molecule has 0 aromatic heterocycles. The van der Waals surface area contributed by atoms with E-state index in [4.69, 9.17) is 9.73 Å². The summed E-state index contributed by atoms with van der Waals surface area (Å²) in [7, 11) is 0. The number of aryl methyl sites for hydroxylation is 2. The third-order valence-electron chi connectivity index (χ3n) is 7.03. The molecular formula is C27H30BrN3O2. The molecule has 2 aromatic rings. The molecule has 2 aromatic carbocycles. The Hall–Kier alpha value is -2.44. The SMILES string of the molecule is CCOC(=O)C1CCC1C1=NC2C(Br)C(c3ccccc3)NN2C(c2ccc(C)cc2C)=C1. The average Bonchev–Trinajstić information content (AvgIpc) is 3.10. The standard InChI is InChI=1S/C27H30BrN3O2/c1-4-33-27(32)21-13-12-20(21)22-15-23(19-11-10-16(2)14-17(19)3)31-26(29-22)24(28)25(30-31)18-8-6-5-7-9-18/h5-11,14-15,20-21,24-26,30H,4,12-13H2,1-3H3. The Bertz CT molecular complexity index is 1110. The first-order valence-electron chi connectivity index (χ1n) is 11.8. The summed E-state index contributed by atoms with van der Waals surface area (Å²) in [6.45, 7) is 6.56. The first kappa shape index (κ1) is 22.4. The van der Waals surface area contributed by atoms with Gasteiger partial charge in [-0.1, -0.05) is 70.0 Å². The Labute approximate surface area is 204 Å². The number of carbonyl (C=O) groups excluding carboxylic acids is 1. The topological polar surface area (TPSA) is 53.9 Å². The number of esters is 1. The van der Waals surface area contributed by atoms with Gasteiger partial charge in [0.1, 0.15) is 6.17 Å². The van der Waals surface area contributed by atoms with Crippen molar-refractivity contribution in [3.05, 3.63) is 76.9 Å². The summed E-state index contributed by atoms with van der Waals surface area (Å²) in [5, 5.41) is 2.20. The van der Waals surface area contributed by atoms with Gasteiger partial charge in [0.2, 0.25) is 0 Å². The zero-order valence-electron chi connectivity index (χ0n) is 19.3. The molecule has 5 atom stereocenters. The minimum atomic E-state index is -0.102. The van der Waals surface area contributed by atoms with Crippen LogP contribution in [0, 0.1) is 25.7 Å². The van der Waals surface area contributed by atoms with E-state index in [1.54, 1.807) is 0 Å². The highest BCUT2D eigenvalue weighted by Crippen LogP contribution is 2.44. The number of halogens is 1. The van der Waals surface area contributed by atoms with Crippen LogP contribution in [0.4, 0.5) is 0 Å². The van der Waals surface area contributed by atoms with E-state index >= 15 is 0 Å². The highest BCUT2D eigenvalue weighted by molar-refractivity contribution is 9.09. The normalized spacial score (nSPS) is 28.5. The van der Waals surface area contributed by atoms with Crippen molar-refractivity contribution in [1.82, 2.24) is 10.4 Å². The van der Waals surface area contributed by atoms with Crippen molar-refractivity contribution < 1.29 is 9.53 Å². The van der Waals surface area contributed by atoms with Crippen LogP contribution in [0.3, 0.4) is 0 Å². The van der Waals surface area contributed by atoms with Crippen LogP contribution in [0.1, 0.15) is 48.1 Å². The van der Waals surface area contributed by atoms with Gasteiger partial charge in [0.25, 0.3) is 0 Å². The Balaban J connectivity index is 1.54. The second-order valence-corrected chi connectivity index (χ2v) is 10.2. The van der Waals surface area contributed by atoms with Crippen LogP contribution in [0.15, 0.2) is 59.6 Å². The van der Waals surface area contributed by atoms with E-state index in [1.807, 2.05) is 13.0 Å². The van der Waals surface area contributed by atoms with Crippen LogP contribution in [-0.2, 0) is 9.53 Å². The predicted octanol–water partition coefficient (Wildman–Crippen LogP) is 5.34. The molecule has 2 heterocycles. The third-order valence-corrected chi connectivity index (χ3v) is 8.03. The molecule has 0 radical (unpaired) electrons. The second kappa shape index (κ2) is 9.07. The summed E-state index contributed by atoms with van der Waals surface area (Å²) in [4.78, 5) is 17.8. The Morgan fingerprint density at radius 3 is 2.64 bits per heavy atom. The number of benzene rings is 2. The van der Waals surface area contributed by atoms with E-state index in [0.29, 0.717) is 6.61 Å². The maximum absolute atomic E-state index is 12.5. The van der Waals surface area contributed by atoms with Gasteiger partial charge in [-0.25, -0.2) is 5.43 Å². The van der Waals surface area contributed by atoms with Crippen LogP contribution in [-0.4, -0.2) is 34.3 Å². The van der Waals surface area contributed by atoms with Gasteiger partial charge in [0.05, 0.1) is 29.1 Å². The van der Waals surface area contributed by atoms with Crippen molar-refractivity contribution in [2.45, 2.75) is 50.6 Å². The first-order valence-corrected chi connectivity index (χ1v) is 12.7. The molecule has 1 aliphatic carbocycles. The maximum atomic E-state index is 12.5. The number of nitrogens with one attached hydrogen (secondary N) is 1. The van der Waals surface area contributed by atoms with Crippen LogP contribution in [0.2, 0.25) is 0 Å². The number of alkyl halides is 1. The maximum Gasteiger partial charge on any atom is 0.309 e. The summed E-state index contributed by atoms with van der Waals surface area (Å²) in [5.41, 5.74) is 10.7. The van der Waals surface area contributed by atoms with Gasteiger partial charge >= 0.3 is 5.97 Å². The lowest BCUT2D eigenvalue weighted by atomic mass is 9.70. The van der Waals surface area contributed by atoms with Crippen LogP contribution < -0.4 is 5.43 Å². The number of hydrogen-bond donors (Lipinski definition) is 1. The molecule has 33 heavy (non-hydrogen) atoms. The number of carbonyl (C=O) groups is 1. The van der Waals surface area contributed by atoms with E-state index in [-0.39, 0.29) is 34.8 Å². The molecule has 0 bridgehead atoms. The highest BCUT2D eigenvalue weighted by atomic mass is 79.9. The van der Waals surface area contributed by atoms with E-state index < -0.39 is 0 Å². The monoisotopic (exact) mass is 507 g/mol. The molecule has 0 spiro atoms. The van der Waals surface area contributed by atoms with Gasteiger partial charge in [-0.15, -0.1) is 0 Å². The Morgan fingerprint density at radius 1 is 1.18 bits per heavy atom. The van der Waals surface area contributed by atoms with Gasteiger partial charge in [0, 0.05) is 17.2 Å². The Morgan fingerprint density at radius 2 is 1.97 bits per heavy atom. The van der Waals surface area contributed by atoms with E-state index in [0.717, 1.165) is 24.3 Å². The summed E-state index contributed by atoms with van der Waals surface area (Å²) >= 11 is 3.97. The van der Waals surface area contributed by atoms with Crippen molar-refractivity contribution in [2.75, 3.05) is 6.61 Å². The van der Waals surface area contributed by atoms with Crippen molar-refractivity contribution >= 4 is 33.3 Å². The first-order chi connectivity index (χ1) is 16.0. The Kier molecular flexibility index (Phi) is 6.14. The minimum Gasteiger partial charge on any atom is -0.466 e. The van der Waals surface area contributed by atoms with Crippen molar-refractivity contribution in [2.24, 2.45) is 16.8 Å². The quantitative estimate of drug-likeness (QED) is 0.438. The number of hydrazine groups is 1. The molecule has 2 aliphatic heterocycles. The zero-order chi connectivity index (χ0) is 23.1. The lowest BCUT2D eigenvalue weighted by molar-refractivity contribution is -0.152. The lowest BCUT2D eigenvalue weighted by Gasteiger charge is -2.39. The molecule has 6 heteroatoms. The van der Waals surface area contributed by atoms with Crippen molar-refractivity contribution in [1.29, 1.82) is 0 Å². The van der Waals surface area contributed by atoms with E-state index in [1.165, 1.54) is 22.3 Å². The summed E-state index contributed by atoms with van der Waals surface area (Å²) < 4.78 is 5.35. The molecule has 0 amide bonds. The van der Waals surface area contributed by atoms with Crippen LogP contribution >= 0.6 is 15.9 Å². The minimum absolute atomic E-state index is 0.0884. The molecule has 5 unspecified atom stereocenters. The number of aliphatic imine (C=N–C) groups is 1. The molecule has 1 saturated heterocycles. The summed E-state index contributed by atoms with van der Waals surface area (Å²) in [6, 6.07) is 17.2. The molecule has 5 nitrogen and oxygen atoms in total. The summed E-state index contributed by atoms with van der Waals surface area (Å²) in [6.07, 6.45) is 3.92. The fourth-order valence-corrected chi connectivity index (χ4v) is 5.95. The van der Waals surface area contributed by atoms with Gasteiger partial charge in [-0.05, 0) is 50.8 Å². The fourth-order valence-electron chi connectivity index (χ4n) is 5.17. The summed E-state index contributed by atoms with van der Waals surface area (Å²) in [5.74, 6) is -0.0789. The average molecular weight is 508 g/mol.